The number of hydrogen-bond donors (Lipinski definition) is 3. The average Bonchev–Trinajstić information content (AvgIpc) is 3.36. The van der Waals surface area contributed by atoms with Crippen molar-refractivity contribution in [1.29, 1.82) is 0 Å². The molecule has 1 unspecified atom stereocenters. The molecule has 228 valence electrons. The van der Waals surface area contributed by atoms with Crippen LogP contribution in [0.1, 0.15) is 65.8 Å². The topological polar surface area (TPSA) is 86.9 Å². The summed E-state index contributed by atoms with van der Waals surface area (Å²) in [4.78, 5) is 32.2. The van der Waals surface area contributed by atoms with Crippen LogP contribution in [0.5, 0.6) is 0 Å². The lowest BCUT2D eigenvalue weighted by Crippen LogP contribution is -2.40. The van der Waals surface area contributed by atoms with Gasteiger partial charge in [-0.15, -0.1) is 0 Å². The molecule has 0 saturated heterocycles. The molecule has 0 bridgehead atoms. The minimum Gasteiger partial charge on any atom is -0.342 e. The Morgan fingerprint density at radius 3 is 2.26 bits per heavy atom. The third-order valence-electron chi connectivity index (χ3n) is 7.18. The Balaban J connectivity index is 1.71. The number of amides is 2. The van der Waals surface area contributed by atoms with Gasteiger partial charge in [-0.2, -0.15) is 0 Å². The first-order valence-corrected chi connectivity index (χ1v) is 12.9. The van der Waals surface area contributed by atoms with E-state index in [4.69, 9.17) is 0 Å². The molecule has 0 radical (unpaired) electrons. The van der Waals surface area contributed by atoms with Gasteiger partial charge in [0.1, 0.15) is 17.2 Å². The lowest BCUT2D eigenvalue weighted by Gasteiger charge is -2.33. The highest BCUT2D eigenvalue weighted by Crippen LogP contribution is 2.41. The van der Waals surface area contributed by atoms with Gasteiger partial charge in [-0.3, -0.25) is 9.59 Å². The highest BCUT2D eigenvalue weighted by molar-refractivity contribution is 5.94. The molecule has 0 spiro atoms. The molecule has 2 amide bonds. The van der Waals surface area contributed by atoms with Crippen LogP contribution in [0.15, 0.2) is 36.4 Å². The van der Waals surface area contributed by atoms with Crippen molar-refractivity contribution in [3.63, 3.8) is 0 Å². The number of imidazole rings is 1. The zero-order valence-electron chi connectivity index (χ0n) is 21.6. The van der Waals surface area contributed by atoms with E-state index in [1.165, 1.54) is 23.5 Å². The first kappa shape index (κ1) is 31.2. The van der Waals surface area contributed by atoms with Gasteiger partial charge in [0.15, 0.2) is 5.82 Å². The highest BCUT2D eigenvalue weighted by atomic mass is 19.3. The Bertz CT molecular complexity index is 1420. The molecule has 42 heavy (non-hydrogen) atoms. The van der Waals surface area contributed by atoms with E-state index in [0.29, 0.717) is 0 Å². The fraction of sp³-hybridized carbons (Fsp3) is 0.444. The number of nitrogens with zero attached hydrogens (tertiary/aromatic N) is 1. The minimum absolute atomic E-state index is 0.0373. The molecule has 0 aliphatic heterocycles. The van der Waals surface area contributed by atoms with E-state index in [1.54, 1.807) is 0 Å². The predicted octanol–water partition coefficient (Wildman–Crippen LogP) is 6.55. The SMILES string of the molecule is O=C(N[C@H](c1nc2c(F)c([C@H](CC(F)F)C(=O)NC(F)C(F)F)ccc2[nH]1)C1CCC(F)(F)CC1)c1ccccc1F. The first-order valence-electron chi connectivity index (χ1n) is 12.9. The number of H-pyrrole nitrogens is 1. The fourth-order valence-corrected chi connectivity index (χ4v) is 5.02. The van der Waals surface area contributed by atoms with Crippen molar-refractivity contribution in [3.05, 3.63) is 65.0 Å². The van der Waals surface area contributed by atoms with Crippen molar-refractivity contribution in [2.24, 2.45) is 5.92 Å². The third-order valence-corrected chi connectivity index (χ3v) is 7.18. The van der Waals surface area contributed by atoms with E-state index in [9.17, 15) is 44.7 Å². The molecule has 1 heterocycles. The standard InChI is InChI=1S/C27H25F9N4O2/c28-16-4-2-1-3-14(16)25(41)39-20(12-7-9-27(35,36)10-8-12)24-37-17-6-5-13(19(31)21(17)38-24)15(11-18(29)30)26(42)40-23(34)22(32)33/h1-6,12,15,18,20,22-23H,7-11H2,(H,37,38)(H,39,41)(H,40,42)/t15-,20-,23?/m0/s1. The molecule has 1 fully saturated rings. The molecule has 1 saturated carbocycles. The number of carbonyl (C=O) groups excluding carboxylic acids is 2. The predicted molar refractivity (Wildman–Crippen MR) is 132 cm³/mol. The van der Waals surface area contributed by atoms with Crippen molar-refractivity contribution in [1.82, 2.24) is 20.6 Å². The number of alkyl halides is 7. The Kier molecular flexibility index (Phi) is 9.36. The quantitative estimate of drug-likeness (QED) is 0.180. The summed E-state index contributed by atoms with van der Waals surface area (Å²) in [5.74, 6) is -10.4. The summed E-state index contributed by atoms with van der Waals surface area (Å²) in [5, 5.41) is 3.82. The maximum Gasteiger partial charge on any atom is 0.287 e. The number of fused-ring (bicyclic) bond motifs is 1. The van der Waals surface area contributed by atoms with Gasteiger partial charge >= 0.3 is 0 Å². The average molecular weight is 609 g/mol. The zero-order valence-corrected chi connectivity index (χ0v) is 21.6. The van der Waals surface area contributed by atoms with Crippen LogP contribution in [-0.2, 0) is 4.79 Å². The van der Waals surface area contributed by atoms with Crippen LogP contribution in [-0.4, -0.2) is 46.9 Å². The second kappa shape index (κ2) is 12.6. The zero-order chi connectivity index (χ0) is 30.8. The molecule has 1 aromatic heterocycles. The van der Waals surface area contributed by atoms with Gasteiger partial charge in [0.2, 0.25) is 24.6 Å². The maximum atomic E-state index is 15.6. The summed E-state index contributed by atoms with van der Waals surface area (Å²) in [7, 11) is 0. The lowest BCUT2D eigenvalue weighted by atomic mass is 9.81. The second-order valence-corrected chi connectivity index (χ2v) is 10.0. The van der Waals surface area contributed by atoms with Crippen LogP contribution in [0, 0.1) is 17.6 Å². The van der Waals surface area contributed by atoms with Crippen molar-refractivity contribution in [2.45, 2.75) is 69.1 Å². The fourth-order valence-electron chi connectivity index (χ4n) is 5.02. The normalized spacial score (nSPS) is 17.8. The molecular formula is C27H25F9N4O2. The number of hydrogen-bond acceptors (Lipinski definition) is 3. The number of halogens is 9. The van der Waals surface area contributed by atoms with Crippen molar-refractivity contribution >= 4 is 22.8 Å². The number of carbonyl (C=O) groups is 2. The largest absolute Gasteiger partial charge is 0.342 e. The first-order chi connectivity index (χ1) is 19.8. The second-order valence-electron chi connectivity index (χ2n) is 10.0. The van der Waals surface area contributed by atoms with Crippen molar-refractivity contribution < 1.29 is 49.1 Å². The Labute approximate surface area is 233 Å². The Morgan fingerprint density at radius 1 is 0.976 bits per heavy atom. The van der Waals surface area contributed by atoms with Gasteiger partial charge in [0.05, 0.1) is 23.0 Å². The van der Waals surface area contributed by atoms with Crippen molar-refractivity contribution in [2.75, 3.05) is 0 Å². The molecule has 4 rings (SSSR count). The van der Waals surface area contributed by atoms with Gasteiger partial charge < -0.3 is 15.6 Å². The van der Waals surface area contributed by atoms with Gasteiger partial charge in [-0.1, -0.05) is 18.2 Å². The molecule has 1 aliphatic carbocycles. The molecule has 3 N–H and O–H groups in total. The van der Waals surface area contributed by atoms with E-state index in [2.05, 4.69) is 15.3 Å². The lowest BCUT2D eigenvalue weighted by molar-refractivity contribution is -0.127. The van der Waals surface area contributed by atoms with E-state index in [-0.39, 0.29) is 29.7 Å². The van der Waals surface area contributed by atoms with Crippen LogP contribution < -0.4 is 10.6 Å². The summed E-state index contributed by atoms with van der Waals surface area (Å²) >= 11 is 0. The van der Waals surface area contributed by atoms with Crippen molar-refractivity contribution in [3.8, 4) is 0 Å². The summed E-state index contributed by atoms with van der Waals surface area (Å²) < 4.78 is 123. The van der Waals surface area contributed by atoms with Crippen LogP contribution in [0.2, 0.25) is 0 Å². The van der Waals surface area contributed by atoms with E-state index < -0.39 is 96.7 Å². The maximum absolute atomic E-state index is 15.6. The molecule has 1 aliphatic rings. The Morgan fingerprint density at radius 2 is 1.64 bits per heavy atom. The van der Waals surface area contributed by atoms with E-state index >= 15 is 4.39 Å². The number of benzene rings is 2. The van der Waals surface area contributed by atoms with Crippen LogP contribution in [0.3, 0.4) is 0 Å². The van der Waals surface area contributed by atoms with Gasteiger partial charge in [0.25, 0.3) is 12.3 Å². The number of aromatic nitrogens is 2. The van der Waals surface area contributed by atoms with E-state index in [0.717, 1.165) is 18.2 Å². The van der Waals surface area contributed by atoms with Gasteiger partial charge in [-0.05, 0) is 37.0 Å². The molecule has 2 aromatic carbocycles. The van der Waals surface area contributed by atoms with Crippen LogP contribution in [0.25, 0.3) is 11.0 Å². The summed E-state index contributed by atoms with van der Waals surface area (Å²) in [6.45, 7) is 0. The molecule has 3 aromatic rings. The van der Waals surface area contributed by atoms with Crippen LogP contribution in [0.4, 0.5) is 39.5 Å². The summed E-state index contributed by atoms with van der Waals surface area (Å²) in [5.41, 5.74) is -1.55. The summed E-state index contributed by atoms with van der Waals surface area (Å²) in [6, 6.07) is 5.95. The van der Waals surface area contributed by atoms with Crippen LogP contribution >= 0.6 is 0 Å². The van der Waals surface area contributed by atoms with Gasteiger partial charge in [-0.25, -0.2) is 44.5 Å². The molecule has 6 nitrogen and oxygen atoms in total. The number of aromatic amines is 1. The number of nitrogens with one attached hydrogen (secondary N) is 3. The molecule has 3 atom stereocenters. The Hall–Kier alpha value is -3.78. The van der Waals surface area contributed by atoms with E-state index in [1.807, 2.05) is 0 Å². The third kappa shape index (κ3) is 6.98. The van der Waals surface area contributed by atoms with Gasteiger partial charge in [0, 0.05) is 24.8 Å². The molecular weight excluding hydrogens is 583 g/mol. The molecule has 15 heteroatoms. The smallest absolute Gasteiger partial charge is 0.287 e. The monoisotopic (exact) mass is 608 g/mol. The minimum atomic E-state index is -3.65. The number of rotatable bonds is 10. The summed E-state index contributed by atoms with van der Waals surface area (Å²) in [6.07, 6.45) is -12.5. The highest BCUT2D eigenvalue weighted by Gasteiger charge is 2.40.